The lowest BCUT2D eigenvalue weighted by Gasteiger charge is -2.47. The monoisotopic (exact) mass is 1630 g/mol. The van der Waals surface area contributed by atoms with E-state index in [1.807, 2.05) is 6.92 Å². The smallest absolute Gasteiger partial charge is 0.394 e. The molecule has 0 radical (unpaired) electrons. The molecular weight excluding hydrogens is 1480 g/mol. The van der Waals surface area contributed by atoms with E-state index in [2.05, 4.69) is 212 Å². The van der Waals surface area contributed by atoms with Gasteiger partial charge in [0.25, 0.3) is 0 Å². The van der Waals surface area contributed by atoms with Gasteiger partial charge in [-0.3, -0.25) is 13.8 Å². The number of phosphoric ester groups is 2. The van der Waals surface area contributed by atoms with E-state index in [-0.39, 0.29) is 12.5 Å². The zero-order valence-electron chi connectivity index (χ0n) is 73.7. The average Bonchev–Trinajstić information content (AvgIpc) is 0.774. The van der Waals surface area contributed by atoms with E-state index in [1.54, 1.807) is 0 Å². The maximum atomic E-state index is 13.1. The molecule has 0 aliphatic carbocycles. The molecule has 2 aliphatic rings. The van der Waals surface area contributed by atoms with Crippen LogP contribution in [-0.4, -0.2) is 128 Å². The summed E-state index contributed by atoms with van der Waals surface area (Å²) in [5.74, 6) is -0.764. The van der Waals surface area contributed by atoms with E-state index in [0.29, 0.717) is 6.42 Å². The number of carbonyl (C=O) groups is 1. The van der Waals surface area contributed by atoms with Crippen molar-refractivity contribution in [1.82, 2.24) is 5.32 Å². The van der Waals surface area contributed by atoms with Crippen molar-refractivity contribution in [3.63, 3.8) is 0 Å². The summed E-state index contributed by atoms with van der Waals surface area (Å²) in [4.78, 5) is 33.1. The van der Waals surface area contributed by atoms with Crippen LogP contribution in [-0.2, 0) is 41.5 Å². The van der Waals surface area contributed by atoms with Gasteiger partial charge in [0.15, 0.2) is 12.6 Å². The highest BCUT2D eigenvalue weighted by Gasteiger charge is 2.53. The number of nitrogens with one attached hydrogen (secondary N) is 1. The Balaban J connectivity index is 1.59. The maximum Gasteiger partial charge on any atom is 0.483 e. The van der Waals surface area contributed by atoms with Gasteiger partial charge in [-0.15, -0.1) is 0 Å². The molecule has 2 fully saturated rings. The molecule has 2 saturated heterocycles. The van der Waals surface area contributed by atoms with Crippen molar-refractivity contribution in [2.75, 3.05) is 19.8 Å². The Morgan fingerprint density at radius 1 is 0.360 bits per heavy atom. The minimum Gasteiger partial charge on any atom is -0.394 e. The van der Waals surface area contributed by atoms with Crippen LogP contribution in [0.25, 0.3) is 0 Å². The summed E-state index contributed by atoms with van der Waals surface area (Å²) in [5.41, 5.74) is 22.0. The Labute approximate surface area is 690 Å². The van der Waals surface area contributed by atoms with Crippen LogP contribution >= 0.6 is 15.6 Å². The van der Waals surface area contributed by atoms with Crippen molar-refractivity contribution in [3.05, 3.63) is 175 Å². The summed E-state index contributed by atoms with van der Waals surface area (Å²) in [6, 6.07) is -1.76. The van der Waals surface area contributed by atoms with Gasteiger partial charge in [-0.25, -0.2) is 9.13 Å². The molecule has 114 heavy (non-hydrogen) atoms. The highest BCUT2D eigenvalue weighted by molar-refractivity contribution is 7.61. The van der Waals surface area contributed by atoms with Crippen molar-refractivity contribution in [1.29, 1.82) is 0 Å². The molecule has 2 heterocycles. The summed E-state index contributed by atoms with van der Waals surface area (Å²) in [7, 11) is -10.8. The summed E-state index contributed by atoms with van der Waals surface area (Å²) in [6.45, 7) is 37.0. The highest BCUT2D eigenvalue weighted by Crippen LogP contribution is 2.61. The van der Waals surface area contributed by atoms with Gasteiger partial charge in [-0.2, -0.15) is 4.31 Å². The number of rotatable bonds is 58. The third-order valence-electron chi connectivity index (χ3n) is 21.3. The SMILES string of the molecule is CC(=O)N[C@H]1[C@@H](OP(=O)(O)OP(=O)(O)OCCC(C)CC/C=C(\C)CC/C=C(\C)CC/C=C(\C)CC/C=C(\C)CC/C=C(\C)CC/C=C(\C)CC/C=C(\C)CC/C=C(\C)CC/C=C(\C)CC/C=C(\C)CC/C=C(\C)CC/C=C(\C)CC/C=C(\C)CC/C=C(\C)CCC=C(C)C)O[C@H](CO)[C@@H](O[C@@H]2O[C@H](CO)[C@@H](O)[C@H](O)[C@H]2O)[C@@H]1O. The number of carbonyl (C=O) groups excluding carboxylic acids is 1. The molecule has 0 aromatic heterocycles. The lowest BCUT2D eigenvalue weighted by molar-refractivity contribution is -0.344. The number of hydrogen-bond acceptors (Lipinski definition) is 15. The van der Waals surface area contributed by atoms with Crippen molar-refractivity contribution >= 4 is 21.6 Å². The first-order valence-electron chi connectivity index (χ1n) is 42.6. The number of aliphatic hydroxyl groups excluding tert-OH is 6. The van der Waals surface area contributed by atoms with Crippen molar-refractivity contribution in [3.8, 4) is 0 Å². The molecular formula is C94H157NO17P2. The Morgan fingerprint density at radius 3 is 0.904 bits per heavy atom. The van der Waals surface area contributed by atoms with Crippen LogP contribution in [0.1, 0.15) is 324 Å². The molecule has 0 aromatic rings. The molecule has 3 unspecified atom stereocenters. The van der Waals surface area contributed by atoms with Gasteiger partial charge in [-0.05, 0) is 316 Å². The Morgan fingerprint density at radius 2 is 0.632 bits per heavy atom. The first-order valence-corrected chi connectivity index (χ1v) is 45.6. The molecule has 1 amide bonds. The average molecular weight is 1640 g/mol. The van der Waals surface area contributed by atoms with Crippen molar-refractivity contribution < 1.29 is 81.9 Å². The fourth-order valence-corrected chi connectivity index (χ4v) is 15.8. The number of allylic oxidation sites excluding steroid dienone is 30. The van der Waals surface area contributed by atoms with E-state index in [9.17, 15) is 54.4 Å². The second-order valence-corrected chi connectivity index (χ2v) is 36.2. The standard InChI is InChI=1S/C94H157NO17P2/c1-68(2)34-19-35-69(3)36-20-37-70(4)38-21-39-71(5)40-22-41-72(6)42-23-43-73(7)44-24-45-74(8)46-25-47-75(9)48-26-49-76(10)50-27-51-77(11)52-28-53-78(12)54-29-55-79(13)56-30-57-80(14)58-31-59-81(15)60-32-61-82(16)62-33-63-83(17)64-65-107-113(103,104)112-114(105,106)111-93-87(95-84(18)98)89(100)92(86(67-97)109-93)110-94-91(102)90(101)88(99)85(66-96)108-94/h34,36,38,40,42,44,46,48,50,52,54,56,58,60,62,83,85-94,96-97,99-102H,19-33,35,37,39,41,43,45,47,49,51,53,55,57,59,61,63-67H2,1-18H3,(H,95,98)(H,103,104)(H,105,106)/b69-36+,70-38+,71-40+,72-42+,73-44+,74-46+,75-48+,76-50+,77-52+,78-54+,79-56+,80-58+,81-60+,82-62+/t83?,85-,86-,87-,88-,89-,90+,91-,92-,93-,94+/m1/s1. The van der Waals surface area contributed by atoms with Gasteiger partial charge in [0.05, 0.1) is 19.8 Å². The minimum atomic E-state index is -5.59. The quantitative estimate of drug-likeness (QED) is 0.0202. The lowest BCUT2D eigenvalue weighted by atomic mass is 9.95. The van der Waals surface area contributed by atoms with Crippen LogP contribution in [0.2, 0.25) is 0 Å². The van der Waals surface area contributed by atoms with Crippen LogP contribution in [0.3, 0.4) is 0 Å². The Bertz CT molecular complexity index is 3400. The molecule has 13 atom stereocenters. The Kier molecular flexibility index (Phi) is 55.6. The normalized spacial score (nSPS) is 23.6. The molecule has 0 saturated carbocycles. The van der Waals surface area contributed by atoms with Gasteiger partial charge >= 0.3 is 15.6 Å². The summed E-state index contributed by atoms with van der Waals surface area (Å²) < 4.78 is 56.9. The number of phosphoric acid groups is 2. The predicted molar refractivity (Wildman–Crippen MR) is 470 cm³/mol. The van der Waals surface area contributed by atoms with Gasteiger partial charge in [0, 0.05) is 6.92 Å². The minimum absolute atomic E-state index is 0.0394. The fraction of sp³-hybridized carbons (Fsp3) is 0.670. The van der Waals surface area contributed by atoms with Crippen LogP contribution in [0.5, 0.6) is 0 Å². The van der Waals surface area contributed by atoms with Gasteiger partial charge in [-0.1, -0.05) is 182 Å². The van der Waals surface area contributed by atoms with Gasteiger partial charge in [0.1, 0.15) is 48.8 Å². The topological polar surface area (TPSA) is 280 Å². The highest BCUT2D eigenvalue weighted by atomic mass is 31.3. The molecule has 0 aromatic carbocycles. The third-order valence-corrected chi connectivity index (χ3v) is 24.0. The maximum absolute atomic E-state index is 13.1. The second kappa shape index (κ2) is 60.0. The van der Waals surface area contributed by atoms with Crippen LogP contribution < -0.4 is 5.32 Å². The van der Waals surface area contributed by atoms with Crippen LogP contribution in [0, 0.1) is 5.92 Å². The van der Waals surface area contributed by atoms with E-state index in [1.165, 1.54) is 96.4 Å². The van der Waals surface area contributed by atoms with E-state index < -0.39 is 96.1 Å². The molecule has 650 valence electrons. The number of amides is 1. The summed E-state index contributed by atoms with van der Waals surface area (Å²) in [5, 5.41) is 64.0. The molecule has 0 spiro atoms. The lowest BCUT2D eigenvalue weighted by Crippen LogP contribution is -2.67. The third kappa shape index (κ3) is 50.4. The molecule has 0 bridgehead atoms. The molecule has 20 heteroatoms. The number of ether oxygens (including phenoxy) is 3. The Hall–Kier alpha value is -4.53. The van der Waals surface area contributed by atoms with Crippen molar-refractivity contribution in [2.45, 2.75) is 385 Å². The zero-order valence-corrected chi connectivity index (χ0v) is 75.5. The first-order chi connectivity index (χ1) is 53.9. The second-order valence-electron chi connectivity index (χ2n) is 33.2. The van der Waals surface area contributed by atoms with E-state index in [4.69, 9.17) is 23.3 Å². The van der Waals surface area contributed by atoms with E-state index >= 15 is 0 Å². The molecule has 2 aliphatic heterocycles. The van der Waals surface area contributed by atoms with Crippen LogP contribution in [0.15, 0.2) is 175 Å². The zero-order chi connectivity index (χ0) is 85.2. The van der Waals surface area contributed by atoms with E-state index in [0.717, 1.165) is 187 Å². The predicted octanol–water partition coefficient (Wildman–Crippen LogP) is 22.9. The summed E-state index contributed by atoms with van der Waals surface area (Å²) in [6.07, 6.45) is 52.8. The van der Waals surface area contributed by atoms with Crippen LogP contribution in [0.4, 0.5) is 0 Å². The molecule has 2 rings (SSSR count). The van der Waals surface area contributed by atoms with Gasteiger partial charge < -0.3 is 60.0 Å². The van der Waals surface area contributed by atoms with Crippen molar-refractivity contribution in [2.24, 2.45) is 5.92 Å². The largest absolute Gasteiger partial charge is 0.483 e. The number of aliphatic hydroxyl groups is 6. The first kappa shape index (κ1) is 106. The number of hydrogen-bond donors (Lipinski definition) is 9. The molecule has 18 nitrogen and oxygen atoms in total. The van der Waals surface area contributed by atoms with Gasteiger partial charge in [0.2, 0.25) is 5.91 Å². The fourth-order valence-electron chi connectivity index (χ4n) is 13.6. The molecule has 9 N–H and O–H groups in total. The summed E-state index contributed by atoms with van der Waals surface area (Å²) >= 11 is 0.